The van der Waals surface area contributed by atoms with Crippen LogP contribution in [0.5, 0.6) is 5.75 Å². The average molecular weight is 395 g/mol. The summed E-state index contributed by atoms with van der Waals surface area (Å²) in [6.07, 6.45) is 7.81. The van der Waals surface area contributed by atoms with Gasteiger partial charge in [0.05, 0.1) is 7.11 Å². The standard InChI is InChI=1S/C20H30N2O4S/c1-16-9-10-19(26-3)20(15-16)27(24,25)21-12-14-22(17(2)23)13-11-18-7-5-4-6-8-18/h7,9-10,15,21H,4-6,8,11-14H2,1-3H3. The van der Waals surface area contributed by atoms with Crippen molar-refractivity contribution < 1.29 is 17.9 Å². The zero-order valence-electron chi connectivity index (χ0n) is 16.5. The monoisotopic (exact) mass is 394 g/mol. The van der Waals surface area contributed by atoms with E-state index in [1.54, 1.807) is 23.1 Å². The molecular formula is C20H30N2O4S. The second-order valence-corrected chi connectivity index (χ2v) is 8.65. The normalized spacial score (nSPS) is 14.6. The number of methoxy groups -OCH3 is 1. The molecule has 0 radical (unpaired) electrons. The maximum absolute atomic E-state index is 12.6. The Hall–Kier alpha value is -1.86. The molecule has 150 valence electrons. The van der Waals surface area contributed by atoms with Gasteiger partial charge in [0.1, 0.15) is 10.6 Å². The van der Waals surface area contributed by atoms with Gasteiger partial charge in [0, 0.05) is 26.6 Å². The van der Waals surface area contributed by atoms with E-state index in [-0.39, 0.29) is 17.3 Å². The fourth-order valence-electron chi connectivity index (χ4n) is 3.22. The minimum absolute atomic E-state index is 0.0428. The molecule has 0 bridgehead atoms. The molecule has 1 aromatic carbocycles. The third-order valence-electron chi connectivity index (χ3n) is 4.82. The molecule has 0 unspecified atom stereocenters. The van der Waals surface area contributed by atoms with E-state index in [0.29, 0.717) is 18.8 Å². The molecule has 0 fully saturated rings. The van der Waals surface area contributed by atoms with Gasteiger partial charge in [0.25, 0.3) is 0 Å². The molecule has 0 aromatic heterocycles. The number of hydrogen-bond donors (Lipinski definition) is 1. The molecule has 1 N–H and O–H groups in total. The number of rotatable bonds is 9. The molecule has 0 atom stereocenters. The molecule has 1 amide bonds. The smallest absolute Gasteiger partial charge is 0.244 e. The lowest BCUT2D eigenvalue weighted by Gasteiger charge is -2.23. The Kier molecular flexibility index (Phi) is 7.86. The minimum atomic E-state index is -3.71. The number of nitrogens with zero attached hydrogens (tertiary/aromatic N) is 1. The van der Waals surface area contributed by atoms with Gasteiger partial charge in [0.15, 0.2) is 0 Å². The zero-order valence-corrected chi connectivity index (χ0v) is 17.3. The van der Waals surface area contributed by atoms with Gasteiger partial charge in [-0.15, -0.1) is 0 Å². The van der Waals surface area contributed by atoms with Gasteiger partial charge in [-0.3, -0.25) is 4.79 Å². The van der Waals surface area contributed by atoms with Crippen molar-refractivity contribution in [2.75, 3.05) is 26.7 Å². The largest absolute Gasteiger partial charge is 0.495 e. The summed E-state index contributed by atoms with van der Waals surface area (Å²) in [5, 5.41) is 0. The van der Waals surface area contributed by atoms with E-state index >= 15 is 0 Å². The van der Waals surface area contributed by atoms with Crippen LogP contribution in [0.2, 0.25) is 0 Å². The molecule has 0 saturated carbocycles. The molecule has 27 heavy (non-hydrogen) atoms. The fraction of sp³-hybridized carbons (Fsp3) is 0.550. The van der Waals surface area contributed by atoms with Crippen LogP contribution in [0, 0.1) is 6.92 Å². The lowest BCUT2D eigenvalue weighted by molar-refractivity contribution is -0.128. The molecular weight excluding hydrogens is 364 g/mol. The average Bonchev–Trinajstić information content (AvgIpc) is 2.65. The van der Waals surface area contributed by atoms with Crippen molar-refractivity contribution in [2.24, 2.45) is 0 Å². The summed E-state index contributed by atoms with van der Waals surface area (Å²) in [5.74, 6) is 0.263. The Balaban J connectivity index is 1.94. The topological polar surface area (TPSA) is 75.7 Å². The van der Waals surface area contributed by atoms with Gasteiger partial charge in [-0.2, -0.15) is 0 Å². The molecule has 2 rings (SSSR count). The van der Waals surface area contributed by atoms with Gasteiger partial charge in [0.2, 0.25) is 15.9 Å². The van der Waals surface area contributed by atoms with Crippen LogP contribution in [0.15, 0.2) is 34.7 Å². The summed E-state index contributed by atoms with van der Waals surface area (Å²) < 4.78 is 33.0. The van der Waals surface area contributed by atoms with Crippen LogP contribution in [0.3, 0.4) is 0 Å². The number of sulfonamides is 1. The first-order valence-electron chi connectivity index (χ1n) is 9.41. The van der Waals surface area contributed by atoms with E-state index in [9.17, 15) is 13.2 Å². The maximum atomic E-state index is 12.6. The van der Waals surface area contributed by atoms with Crippen LogP contribution in [0.25, 0.3) is 0 Å². The van der Waals surface area contributed by atoms with Crippen molar-refractivity contribution in [3.8, 4) is 5.75 Å². The molecule has 0 spiro atoms. The number of nitrogens with one attached hydrogen (secondary N) is 1. The highest BCUT2D eigenvalue weighted by molar-refractivity contribution is 7.89. The molecule has 0 saturated heterocycles. The summed E-state index contributed by atoms with van der Waals surface area (Å²) in [5.41, 5.74) is 2.24. The summed E-state index contributed by atoms with van der Waals surface area (Å²) >= 11 is 0. The number of amides is 1. The lowest BCUT2D eigenvalue weighted by Crippen LogP contribution is -2.38. The van der Waals surface area contributed by atoms with E-state index in [2.05, 4.69) is 10.8 Å². The Bertz CT molecular complexity index is 787. The zero-order chi connectivity index (χ0) is 19.9. The summed E-state index contributed by atoms with van der Waals surface area (Å²) in [6.45, 7) is 4.48. The minimum Gasteiger partial charge on any atom is -0.495 e. The summed E-state index contributed by atoms with van der Waals surface area (Å²) in [7, 11) is -2.26. The van der Waals surface area contributed by atoms with E-state index in [1.807, 2.05) is 6.92 Å². The SMILES string of the molecule is COc1ccc(C)cc1S(=O)(=O)NCCN(CCC1=CCCCC1)C(C)=O. The van der Waals surface area contributed by atoms with Crippen molar-refractivity contribution in [3.05, 3.63) is 35.4 Å². The second kappa shape index (κ2) is 9.90. The molecule has 1 aliphatic carbocycles. The predicted octanol–water partition coefficient (Wildman–Crippen LogP) is 3.02. The van der Waals surface area contributed by atoms with Crippen LogP contribution in [0.4, 0.5) is 0 Å². The van der Waals surface area contributed by atoms with Gasteiger partial charge in [-0.05, 0) is 56.7 Å². The Morgan fingerprint density at radius 3 is 2.67 bits per heavy atom. The highest BCUT2D eigenvalue weighted by atomic mass is 32.2. The van der Waals surface area contributed by atoms with Crippen LogP contribution >= 0.6 is 0 Å². The van der Waals surface area contributed by atoms with E-state index in [1.165, 1.54) is 32.4 Å². The van der Waals surface area contributed by atoms with Gasteiger partial charge < -0.3 is 9.64 Å². The van der Waals surface area contributed by atoms with Gasteiger partial charge >= 0.3 is 0 Å². The number of carbonyl (C=O) groups is 1. The van der Waals surface area contributed by atoms with E-state index in [4.69, 9.17) is 4.74 Å². The number of allylic oxidation sites excluding steroid dienone is 1. The number of hydrogen-bond acceptors (Lipinski definition) is 4. The summed E-state index contributed by atoms with van der Waals surface area (Å²) in [6, 6.07) is 5.03. The van der Waals surface area contributed by atoms with Crippen molar-refractivity contribution in [3.63, 3.8) is 0 Å². The van der Waals surface area contributed by atoms with E-state index < -0.39 is 10.0 Å². The Morgan fingerprint density at radius 1 is 1.26 bits per heavy atom. The molecule has 0 heterocycles. The third-order valence-corrected chi connectivity index (χ3v) is 6.30. The van der Waals surface area contributed by atoms with Crippen molar-refractivity contribution in [1.29, 1.82) is 0 Å². The number of benzene rings is 1. The molecule has 6 nitrogen and oxygen atoms in total. The molecule has 7 heteroatoms. The van der Waals surface area contributed by atoms with Gasteiger partial charge in [-0.1, -0.05) is 17.7 Å². The van der Waals surface area contributed by atoms with Crippen LogP contribution in [0.1, 0.15) is 44.6 Å². The van der Waals surface area contributed by atoms with Crippen molar-refractivity contribution in [2.45, 2.75) is 50.8 Å². The van der Waals surface area contributed by atoms with Crippen LogP contribution in [-0.4, -0.2) is 46.0 Å². The highest BCUT2D eigenvalue weighted by Gasteiger charge is 2.20. The van der Waals surface area contributed by atoms with Crippen molar-refractivity contribution >= 4 is 15.9 Å². The third kappa shape index (κ3) is 6.36. The van der Waals surface area contributed by atoms with E-state index in [0.717, 1.165) is 24.8 Å². The first-order valence-corrected chi connectivity index (χ1v) is 10.9. The number of ether oxygens (including phenoxy) is 1. The predicted molar refractivity (Wildman–Crippen MR) is 106 cm³/mol. The number of aryl methyl sites for hydroxylation is 1. The second-order valence-electron chi connectivity index (χ2n) is 6.92. The first-order chi connectivity index (χ1) is 12.8. The molecule has 1 aliphatic rings. The quantitative estimate of drug-likeness (QED) is 0.653. The molecule has 0 aliphatic heterocycles. The molecule has 1 aromatic rings. The van der Waals surface area contributed by atoms with Crippen molar-refractivity contribution in [1.82, 2.24) is 9.62 Å². The fourth-order valence-corrected chi connectivity index (χ4v) is 4.50. The maximum Gasteiger partial charge on any atom is 0.244 e. The highest BCUT2D eigenvalue weighted by Crippen LogP contribution is 2.24. The van der Waals surface area contributed by atoms with Crippen LogP contribution in [-0.2, 0) is 14.8 Å². The first kappa shape index (κ1) is 21.4. The Morgan fingerprint density at radius 2 is 2.04 bits per heavy atom. The van der Waals surface area contributed by atoms with Crippen LogP contribution < -0.4 is 9.46 Å². The summed E-state index contributed by atoms with van der Waals surface area (Å²) in [4.78, 5) is 13.7. The lowest BCUT2D eigenvalue weighted by atomic mass is 9.97. The van der Waals surface area contributed by atoms with Gasteiger partial charge in [-0.25, -0.2) is 13.1 Å². The number of carbonyl (C=O) groups excluding carboxylic acids is 1. The Labute approximate surface area is 162 Å².